The molecule has 17 heavy (non-hydrogen) atoms. The van der Waals surface area contributed by atoms with E-state index in [0.29, 0.717) is 12.5 Å². The van der Waals surface area contributed by atoms with Gasteiger partial charge in [-0.2, -0.15) is 0 Å². The molecule has 1 fully saturated rings. The van der Waals surface area contributed by atoms with Crippen LogP contribution in [0, 0.1) is 11.3 Å². The van der Waals surface area contributed by atoms with Crippen molar-refractivity contribution in [3.8, 4) is 0 Å². The fraction of sp³-hybridized carbons (Fsp3) is 0.923. The van der Waals surface area contributed by atoms with Crippen molar-refractivity contribution in [3.05, 3.63) is 0 Å². The average Bonchev–Trinajstić information content (AvgIpc) is 2.25. The first kappa shape index (κ1) is 14.5. The van der Waals surface area contributed by atoms with E-state index >= 15 is 0 Å². The van der Waals surface area contributed by atoms with Gasteiger partial charge in [0.1, 0.15) is 6.04 Å². The number of ether oxygens (including phenoxy) is 1. The van der Waals surface area contributed by atoms with Gasteiger partial charge in [0.15, 0.2) is 0 Å². The maximum Gasteiger partial charge on any atom is 0.322 e. The standard InChI is InChI=1S/C13H25NO3/c1-9(12(16)17-5)14-7-6-10(11(15)8-14)13(2,3)4/h9-11,15H,6-8H2,1-5H3/t9-,10+,11+/m0/s1. The molecular formula is C13H25NO3. The van der Waals surface area contributed by atoms with Gasteiger partial charge in [0.05, 0.1) is 13.2 Å². The van der Waals surface area contributed by atoms with Crippen LogP contribution >= 0.6 is 0 Å². The summed E-state index contributed by atoms with van der Waals surface area (Å²) < 4.78 is 4.73. The monoisotopic (exact) mass is 243 g/mol. The molecule has 0 spiro atoms. The molecule has 0 saturated carbocycles. The van der Waals surface area contributed by atoms with Gasteiger partial charge >= 0.3 is 5.97 Å². The molecule has 0 aliphatic carbocycles. The van der Waals surface area contributed by atoms with Crippen molar-refractivity contribution in [2.75, 3.05) is 20.2 Å². The van der Waals surface area contributed by atoms with Crippen LogP contribution in [-0.2, 0) is 9.53 Å². The summed E-state index contributed by atoms with van der Waals surface area (Å²) in [5.74, 6) is 0.0648. The Morgan fingerprint density at radius 2 is 2.06 bits per heavy atom. The summed E-state index contributed by atoms with van der Waals surface area (Å²) in [5.41, 5.74) is 0.111. The van der Waals surface area contributed by atoms with Crippen LogP contribution in [0.2, 0.25) is 0 Å². The highest BCUT2D eigenvalue weighted by Gasteiger charge is 2.38. The van der Waals surface area contributed by atoms with E-state index in [1.54, 1.807) is 0 Å². The molecular weight excluding hydrogens is 218 g/mol. The van der Waals surface area contributed by atoms with E-state index in [9.17, 15) is 9.90 Å². The van der Waals surface area contributed by atoms with Crippen molar-refractivity contribution in [1.29, 1.82) is 0 Å². The SMILES string of the molecule is COC(=O)[C@H](C)N1CC[C@@H](C(C)(C)C)[C@H](O)C1. The Kier molecular flexibility index (Phi) is 4.55. The first-order valence-electron chi connectivity index (χ1n) is 6.27. The molecule has 1 heterocycles. The van der Waals surface area contributed by atoms with Crippen molar-refractivity contribution < 1.29 is 14.6 Å². The van der Waals surface area contributed by atoms with E-state index in [-0.39, 0.29) is 23.5 Å². The Hall–Kier alpha value is -0.610. The van der Waals surface area contributed by atoms with Gasteiger partial charge in [0.2, 0.25) is 0 Å². The molecule has 3 atom stereocenters. The molecule has 1 N–H and O–H groups in total. The predicted octanol–water partition coefficient (Wildman–Crippen LogP) is 1.28. The number of aliphatic hydroxyl groups is 1. The van der Waals surface area contributed by atoms with Gasteiger partial charge in [0.25, 0.3) is 0 Å². The molecule has 0 unspecified atom stereocenters. The second kappa shape index (κ2) is 5.36. The minimum absolute atomic E-state index is 0.111. The van der Waals surface area contributed by atoms with E-state index < -0.39 is 0 Å². The van der Waals surface area contributed by atoms with Gasteiger partial charge in [-0.05, 0) is 31.2 Å². The lowest BCUT2D eigenvalue weighted by molar-refractivity contribution is -0.148. The van der Waals surface area contributed by atoms with Crippen LogP contribution in [0.5, 0.6) is 0 Å². The van der Waals surface area contributed by atoms with E-state index in [0.717, 1.165) is 13.0 Å². The zero-order chi connectivity index (χ0) is 13.2. The number of nitrogens with zero attached hydrogens (tertiary/aromatic N) is 1. The Morgan fingerprint density at radius 3 is 2.47 bits per heavy atom. The summed E-state index contributed by atoms with van der Waals surface area (Å²) >= 11 is 0. The fourth-order valence-electron chi connectivity index (χ4n) is 2.64. The van der Waals surface area contributed by atoms with Gasteiger partial charge < -0.3 is 9.84 Å². The van der Waals surface area contributed by atoms with Crippen LogP contribution in [0.25, 0.3) is 0 Å². The Bertz CT molecular complexity index is 272. The third-order valence-electron chi connectivity index (χ3n) is 3.82. The molecule has 0 aromatic rings. The topological polar surface area (TPSA) is 49.8 Å². The molecule has 1 saturated heterocycles. The van der Waals surface area contributed by atoms with E-state index in [4.69, 9.17) is 4.74 Å². The van der Waals surface area contributed by atoms with Crippen LogP contribution in [0.4, 0.5) is 0 Å². The zero-order valence-electron chi connectivity index (χ0n) is 11.6. The number of hydrogen-bond acceptors (Lipinski definition) is 4. The van der Waals surface area contributed by atoms with Crippen molar-refractivity contribution in [3.63, 3.8) is 0 Å². The maximum atomic E-state index is 11.5. The lowest BCUT2D eigenvalue weighted by Crippen LogP contribution is -2.52. The summed E-state index contributed by atoms with van der Waals surface area (Å²) in [4.78, 5) is 13.4. The van der Waals surface area contributed by atoms with Crippen LogP contribution in [0.15, 0.2) is 0 Å². The molecule has 0 amide bonds. The van der Waals surface area contributed by atoms with E-state index in [2.05, 4.69) is 20.8 Å². The molecule has 1 aliphatic heterocycles. The van der Waals surface area contributed by atoms with Crippen molar-refractivity contribution in [1.82, 2.24) is 4.90 Å². The second-order valence-corrected chi connectivity index (χ2v) is 6.02. The maximum absolute atomic E-state index is 11.5. The molecule has 100 valence electrons. The molecule has 0 aromatic heterocycles. The number of rotatable bonds is 2. The van der Waals surface area contributed by atoms with Crippen LogP contribution < -0.4 is 0 Å². The smallest absolute Gasteiger partial charge is 0.322 e. The minimum Gasteiger partial charge on any atom is -0.468 e. The molecule has 0 radical (unpaired) electrons. The van der Waals surface area contributed by atoms with Crippen LogP contribution in [0.3, 0.4) is 0 Å². The van der Waals surface area contributed by atoms with Gasteiger partial charge in [0, 0.05) is 6.54 Å². The first-order valence-corrected chi connectivity index (χ1v) is 6.27. The second-order valence-electron chi connectivity index (χ2n) is 6.02. The van der Waals surface area contributed by atoms with E-state index in [1.165, 1.54) is 7.11 Å². The third-order valence-corrected chi connectivity index (χ3v) is 3.82. The number of hydrogen-bond donors (Lipinski definition) is 1. The zero-order valence-corrected chi connectivity index (χ0v) is 11.6. The summed E-state index contributed by atoms with van der Waals surface area (Å²) in [7, 11) is 1.40. The van der Waals surface area contributed by atoms with E-state index in [1.807, 2.05) is 11.8 Å². The lowest BCUT2D eigenvalue weighted by atomic mass is 9.73. The molecule has 0 aromatic carbocycles. The highest BCUT2D eigenvalue weighted by atomic mass is 16.5. The Labute approximate surface area is 104 Å². The molecule has 1 aliphatic rings. The highest BCUT2D eigenvalue weighted by Crippen LogP contribution is 2.35. The Morgan fingerprint density at radius 1 is 1.47 bits per heavy atom. The average molecular weight is 243 g/mol. The number of esters is 1. The quantitative estimate of drug-likeness (QED) is 0.742. The van der Waals surface area contributed by atoms with Gasteiger partial charge in [-0.25, -0.2) is 0 Å². The number of piperidine rings is 1. The summed E-state index contributed by atoms with van der Waals surface area (Å²) in [6.07, 6.45) is 0.558. The van der Waals surface area contributed by atoms with Crippen LogP contribution in [0.1, 0.15) is 34.1 Å². The van der Waals surface area contributed by atoms with Gasteiger partial charge in [-0.1, -0.05) is 20.8 Å². The largest absolute Gasteiger partial charge is 0.468 e. The first-order chi connectivity index (χ1) is 7.77. The molecule has 0 bridgehead atoms. The number of methoxy groups -OCH3 is 1. The van der Waals surface area contributed by atoms with Crippen molar-refractivity contribution in [2.24, 2.45) is 11.3 Å². The van der Waals surface area contributed by atoms with Crippen molar-refractivity contribution in [2.45, 2.75) is 46.3 Å². The number of likely N-dealkylation sites (tertiary alicyclic amines) is 1. The molecule has 4 heteroatoms. The number of carbonyl (C=O) groups is 1. The fourth-order valence-corrected chi connectivity index (χ4v) is 2.64. The number of carbonyl (C=O) groups excluding carboxylic acids is 1. The number of aliphatic hydroxyl groups excluding tert-OH is 1. The van der Waals surface area contributed by atoms with Gasteiger partial charge in [-0.3, -0.25) is 9.69 Å². The predicted molar refractivity (Wildman–Crippen MR) is 66.6 cm³/mol. The van der Waals surface area contributed by atoms with Crippen molar-refractivity contribution >= 4 is 5.97 Å². The molecule has 1 rings (SSSR count). The van der Waals surface area contributed by atoms with Gasteiger partial charge in [-0.15, -0.1) is 0 Å². The number of β-amino-alcohol motifs (C(OH)–C–C–N with tert-alkyl or cyclic N) is 1. The summed E-state index contributed by atoms with van der Waals surface area (Å²) in [6.45, 7) is 9.68. The third kappa shape index (κ3) is 3.42. The summed E-state index contributed by atoms with van der Waals surface area (Å²) in [5, 5.41) is 10.2. The molecule has 4 nitrogen and oxygen atoms in total. The minimum atomic E-state index is -0.365. The highest BCUT2D eigenvalue weighted by molar-refractivity contribution is 5.75. The lowest BCUT2D eigenvalue weighted by Gasteiger charge is -2.43. The Balaban J connectivity index is 2.61. The normalized spacial score (nSPS) is 28.8. The van der Waals surface area contributed by atoms with Crippen LogP contribution in [-0.4, -0.2) is 48.3 Å². The summed E-state index contributed by atoms with van der Waals surface area (Å²) in [6, 6.07) is -0.268.